The normalized spacial score (nSPS) is 17.8. The summed E-state index contributed by atoms with van der Waals surface area (Å²) in [5, 5.41) is 0. The first-order valence-corrected chi connectivity index (χ1v) is 18.0. The highest BCUT2D eigenvalue weighted by Gasteiger charge is 2.64. The number of aliphatic imine (C=N–C) groups is 1. The maximum atomic E-state index is 14.8. The lowest BCUT2D eigenvalue weighted by molar-refractivity contribution is -0.279. The molecule has 0 aromatic heterocycles. The molecule has 276 valence electrons. The van der Waals surface area contributed by atoms with Crippen LogP contribution in [0.4, 0.5) is 13.2 Å². The van der Waals surface area contributed by atoms with E-state index in [1.807, 2.05) is 0 Å². The molecule has 0 radical (unpaired) electrons. The van der Waals surface area contributed by atoms with Crippen LogP contribution in [-0.2, 0) is 24.6 Å². The van der Waals surface area contributed by atoms with Crippen molar-refractivity contribution >= 4 is 46.7 Å². The highest BCUT2D eigenvalue weighted by atomic mass is 35.6. The lowest BCUT2D eigenvalue weighted by Gasteiger charge is -2.34. The van der Waals surface area contributed by atoms with Crippen LogP contribution in [0.1, 0.15) is 83.1 Å². The Morgan fingerprint density at radius 3 is 2.00 bits per heavy atom. The molecule has 7 nitrogen and oxygen atoms in total. The molecule has 2 aromatic rings. The van der Waals surface area contributed by atoms with Gasteiger partial charge < -0.3 is 23.7 Å². The molecule has 0 saturated carbocycles. The molecule has 1 heterocycles. The van der Waals surface area contributed by atoms with Gasteiger partial charge in [0.25, 0.3) is 9.39 Å². The van der Waals surface area contributed by atoms with Gasteiger partial charge in [0.05, 0.1) is 7.11 Å². The summed E-state index contributed by atoms with van der Waals surface area (Å²) in [4.78, 5) is 18.1. The fourth-order valence-corrected chi connectivity index (χ4v) is 5.77. The minimum atomic E-state index is -5.21. The number of rotatable bonds is 19. The maximum absolute atomic E-state index is 14.8. The average molecular weight is 763 g/mol. The summed E-state index contributed by atoms with van der Waals surface area (Å²) in [5.74, 6) is 4.82. The first kappa shape index (κ1) is 41.6. The largest absolute Gasteiger partial charge is 0.497 e. The zero-order valence-corrected chi connectivity index (χ0v) is 30.8. The third kappa shape index (κ3) is 11.9. The van der Waals surface area contributed by atoms with Crippen molar-refractivity contribution in [2.24, 2.45) is 4.99 Å². The molecule has 0 amide bonds. The second kappa shape index (κ2) is 20.3. The molecule has 0 spiro atoms. The SMILES string of the molecule is CCCCCCCCCCCCC#C[C@H]1OC(C(Cl)(Cl)Cl)=N[C@@H]1[C@@H](COc1ccc(OC)cc1)OC(=O)[C@](OC)(c1ccccc1)C(F)(F)F. The van der Waals surface area contributed by atoms with Crippen LogP contribution in [0.25, 0.3) is 0 Å². The standard InChI is InChI=1S/C37H45Cl3F3NO6/c1-4-5-6-7-8-9-10-11-12-13-14-18-21-30-32(44-33(49-30)36(38,39)40)31(26-48-29-24-22-28(46-2)23-25-29)50-34(45)35(47-3,37(41,42)43)27-19-16-15-17-20-27/h15-17,19-20,22-25,30-32H,4-14,26H2,1-3H3/t30-,31-,32+,35-/m1/s1. The Morgan fingerprint density at radius 2 is 1.46 bits per heavy atom. The highest BCUT2D eigenvalue weighted by molar-refractivity contribution is 6.76. The molecule has 0 aliphatic carbocycles. The molecule has 13 heteroatoms. The van der Waals surface area contributed by atoms with Gasteiger partial charge in [0, 0.05) is 19.1 Å². The smallest absolute Gasteiger partial charge is 0.432 e. The van der Waals surface area contributed by atoms with Crippen molar-refractivity contribution in [3.8, 4) is 23.3 Å². The highest BCUT2D eigenvalue weighted by Crippen LogP contribution is 2.44. The van der Waals surface area contributed by atoms with Crippen molar-refractivity contribution in [3.63, 3.8) is 0 Å². The number of hydrogen-bond donors (Lipinski definition) is 0. The van der Waals surface area contributed by atoms with Gasteiger partial charge in [-0.25, -0.2) is 9.79 Å². The van der Waals surface area contributed by atoms with E-state index in [1.54, 1.807) is 24.3 Å². The van der Waals surface area contributed by atoms with E-state index in [1.165, 1.54) is 70.3 Å². The van der Waals surface area contributed by atoms with Gasteiger partial charge in [0.2, 0.25) is 5.90 Å². The van der Waals surface area contributed by atoms with Gasteiger partial charge in [-0.05, 0) is 30.7 Å². The second-order valence-corrected chi connectivity index (χ2v) is 14.2. The number of hydrogen-bond acceptors (Lipinski definition) is 7. The molecule has 0 bridgehead atoms. The monoisotopic (exact) mass is 761 g/mol. The van der Waals surface area contributed by atoms with Crippen LogP contribution in [0.3, 0.4) is 0 Å². The Bertz CT molecular complexity index is 1410. The third-order valence-corrected chi connectivity index (χ3v) is 8.73. The predicted octanol–water partition coefficient (Wildman–Crippen LogP) is 9.94. The molecule has 1 aliphatic heterocycles. The van der Waals surface area contributed by atoms with Crippen LogP contribution in [0, 0.1) is 11.8 Å². The minimum Gasteiger partial charge on any atom is -0.497 e. The number of carbonyl (C=O) groups is 1. The molecule has 0 fully saturated rings. The molecule has 50 heavy (non-hydrogen) atoms. The van der Waals surface area contributed by atoms with E-state index in [0.29, 0.717) is 17.9 Å². The molecule has 4 atom stereocenters. The number of alkyl halides is 6. The molecular formula is C37H45Cl3F3NO6. The molecule has 1 aliphatic rings. The summed E-state index contributed by atoms with van der Waals surface area (Å²) in [5.41, 5.74) is -3.94. The molecule has 0 N–H and O–H groups in total. The lowest BCUT2D eigenvalue weighted by atomic mass is 9.92. The summed E-state index contributed by atoms with van der Waals surface area (Å²) >= 11 is 18.3. The van der Waals surface area contributed by atoms with E-state index in [2.05, 4.69) is 23.8 Å². The van der Waals surface area contributed by atoms with Gasteiger partial charge in [0.1, 0.15) is 24.1 Å². The van der Waals surface area contributed by atoms with E-state index in [4.69, 9.17) is 58.5 Å². The van der Waals surface area contributed by atoms with Gasteiger partial charge in [0.15, 0.2) is 12.2 Å². The number of nitrogens with zero attached hydrogens (tertiary/aromatic N) is 1. The van der Waals surface area contributed by atoms with Gasteiger partial charge >= 0.3 is 12.1 Å². The summed E-state index contributed by atoms with van der Waals surface area (Å²) in [6.45, 7) is 1.75. The van der Waals surface area contributed by atoms with E-state index in [0.717, 1.165) is 38.5 Å². The molecular weight excluding hydrogens is 718 g/mol. The van der Waals surface area contributed by atoms with Crippen LogP contribution in [0.15, 0.2) is 59.6 Å². The van der Waals surface area contributed by atoms with Crippen LogP contribution < -0.4 is 9.47 Å². The van der Waals surface area contributed by atoms with Crippen LogP contribution in [0.5, 0.6) is 11.5 Å². The van der Waals surface area contributed by atoms with E-state index >= 15 is 0 Å². The fourth-order valence-electron chi connectivity index (χ4n) is 5.49. The number of benzene rings is 2. The Labute approximate surface area is 308 Å². The van der Waals surface area contributed by atoms with Crippen molar-refractivity contribution in [1.29, 1.82) is 0 Å². The number of esters is 1. The van der Waals surface area contributed by atoms with Crippen molar-refractivity contribution in [2.45, 2.75) is 111 Å². The number of halogens is 6. The lowest BCUT2D eigenvalue weighted by Crippen LogP contribution is -2.54. The maximum Gasteiger partial charge on any atom is 0.432 e. The zero-order valence-electron chi connectivity index (χ0n) is 28.6. The Hall–Kier alpha value is -2.84. The van der Waals surface area contributed by atoms with Crippen LogP contribution in [-0.4, -0.2) is 60.9 Å². The first-order chi connectivity index (χ1) is 23.9. The Kier molecular flexibility index (Phi) is 16.9. The van der Waals surface area contributed by atoms with Crippen LogP contribution in [0.2, 0.25) is 0 Å². The van der Waals surface area contributed by atoms with E-state index in [-0.39, 0.29) is 5.90 Å². The van der Waals surface area contributed by atoms with Gasteiger partial charge in [-0.15, -0.1) is 0 Å². The molecule has 2 aromatic carbocycles. The molecule has 0 saturated heterocycles. The number of carbonyl (C=O) groups excluding carboxylic acids is 1. The van der Waals surface area contributed by atoms with Crippen molar-refractivity contribution in [2.75, 3.05) is 20.8 Å². The summed E-state index contributed by atoms with van der Waals surface area (Å²) in [7, 11) is 2.28. The van der Waals surface area contributed by atoms with E-state index in [9.17, 15) is 18.0 Å². The molecule has 3 rings (SSSR count). The first-order valence-electron chi connectivity index (χ1n) is 16.8. The van der Waals surface area contributed by atoms with Crippen molar-refractivity contribution < 1.29 is 41.7 Å². The average Bonchev–Trinajstić information content (AvgIpc) is 3.52. The fraction of sp³-hybridized carbons (Fsp3) is 0.568. The van der Waals surface area contributed by atoms with E-state index < -0.39 is 52.0 Å². The topological polar surface area (TPSA) is 75.6 Å². The predicted molar refractivity (Wildman–Crippen MR) is 190 cm³/mol. The quantitative estimate of drug-likeness (QED) is 0.0614. The number of methoxy groups -OCH3 is 2. The Morgan fingerprint density at radius 1 is 0.880 bits per heavy atom. The Balaban J connectivity index is 1.84. The van der Waals surface area contributed by atoms with Crippen molar-refractivity contribution in [3.05, 3.63) is 60.2 Å². The van der Waals surface area contributed by atoms with Crippen LogP contribution >= 0.6 is 34.8 Å². The molecule has 0 unspecified atom stereocenters. The summed E-state index contributed by atoms with van der Waals surface area (Å²) in [6.07, 6.45) is 4.35. The zero-order chi connectivity index (χ0) is 36.6. The second-order valence-electron chi connectivity index (χ2n) is 11.9. The minimum absolute atomic E-state index is 0.317. The third-order valence-electron chi connectivity index (χ3n) is 8.24. The number of unbranched alkanes of at least 4 members (excludes halogenated alkanes) is 10. The summed E-state index contributed by atoms with van der Waals surface area (Å²) < 4.78 is 69.6. The summed E-state index contributed by atoms with van der Waals surface area (Å²) in [6, 6.07) is 11.7. The van der Waals surface area contributed by atoms with Gasteiger partial charge in [-0.1, -0.05) is 142 Å². The number of ether oxygens (including phenoxy) is 5. The van der Waals surface area contributed by atoms with Gasteiger partial charge in [-0.3, -0.25) is 0 Å². The van der Waals surface area contributed by atoms with Gasteiger partial charge in [-0.2, -0.15) is 13.2 Å². The van der Waals surface area contributed by atoms with Crippen molar-refractivity contribution in [1.82, 2.24) is 0 Å².